The van der Waals surface area contributed by atoms with Crippen LogP contribution in [0.3, 0.4) is 0 Å². The monoisotopic (exact) mass is 421 g/mol. The average molecular weight is 421 g/mol. The molecule has 4 rings (SSSR count). The zero-order valence-electron chi connectivity index (χ0n) is 15.8. The largest absolute Gasteiger partial charge is 0.457 e. The van der Waals surface area contributed by atoms with Crippen molar-refractivity contribution in [2.24, 2.45) is 0 Å². The lowest BCUT2D eigenvalue weighted by Gasteiger charge is -2.08. The summed E-state index contributed by atoms with van der Waals surface area (Å²) in [6.07, 6.45) is 0. The van der Waals surface area contributed by atoms with Gasteiger partial charge in [0.15, 0.2) is 5.13 Å². The number of rotatable bonds is 5. The Morgan fingerprint density at radius 3 is 2.27 bits per heavy atom. The molecule has 0 unspecified atom stereocenters. The summed E-state index contributed by atoms with van der Waals surface area (Å²) in [5, 5.41) is 5.98. The van der Waals surface area contributed by atoms with E-state index in [4.69, 9.17) is 4.74 Å². The Labute approximate surface area is 175 Å². The smallest absolute Gasteiger partial charge is 0.255 e. The van der Waals surface area contributed by atoms with E-state index in [1.165, 1.54) is 42.5 Å². The summed E-state index contributed by atoms with van der Waals surface area (Å²) in [5.74, 6) is 0.180. The van der Waals surface area contributed by atoms with E-state index in [0.717, 1.165) is 4.70 Å². The number of nitrogens with one attached hydrogen (secondary N) is 2. The number of amides is 2. The highest BCUT2D eigenvalue weighted by Crippen LogP contribution is 2.31. The number of aromatic nitrogens is 1. The normalized spacial score (nSPS) is 10.6. The van der Waals surface area contributed by atoms with Crippen molar-refractivity contribution in [3.8, 4) is 11.5 Å². The molecule has 1 heterocycles. The van der Waals surface area contributed by atoms with Gasteiger partial charge in [-0.1, -0.05) is 17.4 Å². The van der Waals surface area contributed by atoms with Crippen LogP contribution in [0.1, 0.15) is 17.3 Å². The van der Waals surface area contributed by atoms with Crippen LogP contribution < -0.4 is 15.4 Å². The molecule has 2 N–H and O–H groups in total. The van der Waals surface area contributed by atoms with Gasteiger partial charge >= 0.3 is 0 Å². The second-order valence-corrected chi connectivity index (χ2v) is 7.42. The Morgan fingerprint density at radius 1 is 0.933 bits per heavy atom. The second kappa shape index (κ2) is 8.30. The number of carbonyl (C=O) groups is 2. The summed E-state index contributed by atoms with van der Waals surface area (Å²) in [7, 11) is 0. The van der Waals surface area contributed by atoms with E-state index in [0.29, 0.717) is 33.4 Å². The number of fused-ring (bicyclic) bond motifs is 1. The number of hydrogen-bond acceptors (Lipinski definition) is 5. The molecule has 0 atom stereocenters. The van der Waals surface area contributed by atoms with Gasteiger partial charge in [0.1, 0.15) is 22.8 Å². The molecular formula is C22H16FN3O3S. The topological polar surface area (TPSA) is 80.3 Å². The van der Waals surface area contributed by atoms with Gasteiger partial charge in [-0.25, -0.2) is 9.37 Å². The zero-order chi connectivity index (χ0) is 21.1. The van der Waals surface area contributed by atoms with E-state index in [1.807, 2.05) is 12.1 Å². The van der Waals surface area contributed by atoms with E-state index >= 15 is 0 Å². The number of anilines is 2. The molecule has 0 fully saturated rings. The van der Waals surface area contributed by atoms with E-state index in [-0.39, 0.29) is 17.6 Å². The number of ether oxygens (including phenoxy) is 1. The van der Waals surface area contributed by atoms with Gasteiger partial charge in [-0.05, 0) is 60.7 Å². The lowest BCUT2D eigenvalue weighted by atomic mass is 10.2. The van der Waals surface area contributed by atoms with Crippen molar-refractivity contribution < 1.29 is 18.7 Å². The quantitative estimate of drug-likeness (QED) is 0.450. The first-order chi connectivity index (χ1) is 14.5. The predicted octanol–water partition coefficient (Wildman–Crippen LogP) is 5.44. The summed E-state index contributed by atoms with van der Waals surface area (Å²) >= 11 is 1.33. The Morgan fingerprint density at radius 2 is 1.60 bits per heavy atom. The first-order valence-electron chi connectivity index (χ1n) is 9.00. The van der Waals surface area contributed by atoms with Crippen LogP contribution in [0, 0.1) is 5.82 Å². The third-order valence-corrected chi connectivity index (χ3v) is 5.05. The third-order valence-electron chi connectivity index (χ3n) is 4.12. The number of thiazole rings is 1. The number of para-hydroxylation sites is 1. The van der Waals surface area contributed by atoms with Crippen molar-refractivity contribution in [2.75, 3.05) is 10.6 Å². The van der Waals surface area contributed by atoms with Crippen molar-refractivity contribution in [3.05, 3.63) is 78.1 Å². The molecule has 0 aliphatic heterocycles. The van der Waals surface area contributed by atoms with E-state index in [1.54, 1.807) is 30.3 Å². The van der Waals surface area contributed by atoms with E-state index in [2.05, 4.69) is 15.6 Å². The lowest BCUT2D eigenvalue weighted by Crippen LogP contribution is -2.12. The fourth-order valence-corrected chi connectivity index (χ4v) is 3.70. The Balaban J connectivity index is 1.49. The van der Waals surface area contributed by atoms with Crippen LogP contribution in [-0.4, -0.2) is 16.8 Å². The molecule has 3 aromatic carbocycles. The number of halogens is 1. The SMILES string of the molecule is CC(=O)Nc1nc2c(NC(=O)c3ccc(Oc4ccc(F)cc4)cc3)cccc2s1. The fourth-order valence-electron chi connectivity index (χ4n) is 2.76. The molecule has 0 bridgehead atoms. The van der Waals surface area contributed by atoms with Crippen LogP contribution in [0.5, 0.6) is 11.5 Å². The molecule has 0 saturated heterocycles. The highest BCUT2D eigenvalue weighted by molar-refractivity contribution is 7.22. The van der Waals surface area contributed by atoms with Crippen LogP contribution in [0.2, 0.25) is 0 Å². The molecule has 6 nitrogen and oxygen atoms in total. The summed E-state index contributed by atoms with van der Waals surface area (Å²) in [6, 6.07) is 17.7. The van der Waals surface area contributed by atoms with Crippen LogP contribution in [-0.2, 0) is 4.79 Å². The summed E-state index contributed by atoms with van der Waals surface area (Å²) in [4.78, 5) is 28.3. The van der Waals surface area contributed by atoms with Gasteiger partial charge in [0.2, 0.25) is 5.91 Å². The van der Waals surface area contributed by atoms with Gasteiger partial charge in [-0.2, -0.15) is 0 Å². The minimum Gasteiger partial charge on any atom is -0.457 e. The average Bonchev–Trinajstić information content (AvgIpc) is 3.13. The molecule has 4 aromatic rings. The molecular weight excluding hydrogens is 405 g/mol. The van der Waals surface area contributed by atoms with Crippen LogP contribution in [0.15, 0.2) is 66.7 Å². The molecule has 0 radical (unpaired) electrons. The summed E-state index contributed by atoms with van der Waals surface area (Å²) in [6.45, 7) is 1.41. The minimum absolute atomic E-state index is 0.206. The number of nitrogens with zero attached hydrogens (tertiary/aromatic N) is 1. The first-order valence-corrected chi connectivity index (χ1v) is 9.81. The van der Waals surface area contributed by atoms with Crippen molar-refractivity contribution >= 4 is 44.2 Å². The van der Waals surface area contributed by atoms with Crippen molar-refractivity contribution in [1.82, 2.24) is 4.98 Å². The van der Waals surface area contributed by atoms with Gasteiger partial charge in [-0.15, -0.1) is 0 Å². The standard InChI is InChI=1S/C22H16FN3O3S/c1-13(27)24-22-26-20-18(3-2-4-19(20)30-22)25-21(28)14-5-9-16(10-6-14)29-17-11-7-15(23)8-12-17/h2-12H,1H3,(H,25,28)(H,24,26,27). The number of benzene rings is 3. The predicted molar refractivity (Wildman–Crippen MR) is 115 cm³/mol. The van der Waals surface area contributed by atoms with Crippen molar-refractivity contribution in [1.29, 1.82) is 0 Å². The molecule has 0 spiro atoms. The Kier molecular flexibility index (Phi) is 5.40. The van der Waals surface area contributed by atoms with Crippen LogP contribution in [0.4, 0.5) is 15.2 Å². The number of hydrogen-bond donors (Lipinski definition) is 2. The Hall–Kier alpha value is -3.78. The lowest BCUT2D eigenvalue weighted by molar-refractivity contribution is -0.114. The van der Waals surface area contributed by atoms with Gasteiger partial charge in [-0.3, -0.25) is 9.59 Å². The van der Waals surface area contributed by atoms with Crippen molar-refractivity contribution in [3.63, 3.8) is 0 Å². The van der Waals surface area contributed by atoms with Crippen LogP contribution >= 0.6 is 11.3 Å². The molecule has 150 valence electrons. The van der Waals surface area contributed by atoms with Gasteiger partial charge in [0.05, 0.1) is 10.4 Å². The molecule has 0 aliphatic carbocycles. The molecule has 30 heavy (non-hydrogen) atoms. The molecule has 2 amide bonds. The highest BCUT2D eigenvalue weighted by Gasteiger charge is 2.13. The summed E-state index contributed by atoms with van der Waals surface area (Å²) in [5.41, 5.74) is 1.60. The Bertz CT molecular complexity index is 1220. The molecule has 0 saturated carbocycles. The third kappa shape index (κ3) is 4.44. The second-order valence-electron chi connectivity index (χ2n) is 6.39. The molecule has 1 aromatic heterocycles. The van der Waals surface area contributed by atoms with Crippen molar-refractivity contribution in [2.45, 2.75) is 6.92 Å². The fraction of sp³-hybridized carbons (Fsp3) is 0.0455. The molecule has 8 heteroatoms. The number of carbonyl (C=O) groups excluding carboxylic acids is 2. The van der Waals surface area contributed by atoms with E-state index < -0.39 is 0 Å². The van der Waals surface area contributed by atoms with Crippen LogP contribution in [0.25, 0.3) is 10.2 Å². The first kappa shape index (κ1) is 19.5. The zero-order valence-corrected chi connectivity index (χ0v) is 16.6. The maximum atomic E-state index is 13.0. The minimum atomic E-state index is -0.339. The maximum Gasteiger partial charge on any atom is 0.255 e. The van der Waals surface area contributed by atoms with Gasteiger partial charge in [0, 0.05) is 12.5 Å². The van der Waals surface area contributed by atoms with Gasteiger partial charge < -0.3 is 15.4 Å². The summed E-state index contributed by atoms with van der Waals surface area (Å²) < 4.78 is 19.5. The maximum absolute atomic E-state index is 13.0. The highest BCUT2D eigenvalue weighted by atomic mass is 32.1. The van der Waals surface area contributed by atoms with E-state index in [9.17, 15) is 14.0 Å². The molecule has 0 aliphatic rings. The van der Waals surface area contributed by atoms with Gasteiger partial charge in [0.25, 0.3) is 5.91 Å².